The summed E-state index contributed by atoms with van der Waals surface area (Å²) in [6, 6.07) is -7.51. The highest BCUT2D eigenvalue weighted by Gasteiger charge is 2.45. The Balaban J connectivity index is 1.27. The van der Waals surface area contributed by atoms with Gasteiger partial charge in [-0.1, -0.05) is 33.6 Å². The molecule has 1 unspecified atom stereocenters. The number of aromatic amines is 1. The summed E-state index contributed by atoms with van der Waals surface area (Å²) in [5.41, 5.74) is 6.07. The summed E-state index contributed by atoms with van der Waals surface area (Å²) in [6.45, 7) is 3.19. The van der Waals surface area contributed by atoms with Gasteiger partial charge in [-0.3, -0.25) is 71.5 Å². The summed E-state index contributed by atoms with van der Waals surface area (Å²) in [5, 5.41) is 63.9. The molecule has 1 aromatic carbocycles. The number of nitrogens with zero attached hydrogens (tertiary/aromatic N) is 3. The first-order valence-electron chi connectivity index (χ1n) is 28.7. The lowest BCUT2D eigenvalue weighted by molar-refractivity contribution is -0.144. The third-order valence-corrected chi connectivity index (χ3v) is 17.8. The number of aromatic nitrogens is 1. The van der Waals surface area contributed by atoms with Crippen LogP contribution < -0.4 is 48.3 Å². The predicted molar refractivity (Wildman–Crippen MR) is 303 cm³/mol. The van der Waals surface area contributed by atoms with Crippen molar-refractivity contribution in [3.63, 3.8) is 0 Å². The zero-order chi connectivity index (χ0) is 62.7. The number of phenolic OH excluding ortho intramolecular Hbond substituents is 1. The lowest BCUT2D eigenvalue weighted by Crippen LogP contribution is -2.62. The maximum atomic E-state index is 15.3. The van der Waals surface area contributed by atoms with Gasteiger partial charge in [-0.05, 0) is 55.3 Å². The smallest absolute Gasteiger partial charge is 0.253 e. The number of imide groups is 1. The SMILES string of the molecule is CC[C@H](C)[C@@H]1NC(=O)CNC(=O)[C@H]2Cc3c([nH]c4c(CN5CC[C@H](CNC(=O)CCCCCN6C(=O)C=CC6=O)C5)c(O)ccc34)S(=O)C[C@@H](NC(=O)CNC1=O)C(=O)N[C@@H](CC(N)=O)C(=O)N1C[C@H](O)C[C@H]1C(=O)N[C@@H]([C@H](C)[C@H](O)CO)C(=O)N2. The normalized spacial score (nSPS) is 27.0. The van der Waals surface area contributed by atoms with Gasteiger partial charge in [0.1, 0.15) is 47.0 Å². The molecule has 31 heteroatoms. The van der Waals surface area contributed by atoms with E-state index in [2.05, 4.69) is 47.5 Å². The Morgan fingerprint density at radius 1 is 0.826 bits per heavy atom. The number of benzene rings is 1. The fraction of sp³-hybridized carbons (Fsp3) is 0.600. The van der Waals surface area contributed by atoms with Crippen molar-refractivity contribution in [1.29, 1.82) is 0 Å². The maximum absolute atomic E-state index is 15.3. The van der Waals surface area contributed by atoms with Crippen molar-refractivity contribution >= 4 is 92.6 Å². The molecule has 470 valence electrons. The summed E-state index contributed by atoms with van der Waals surface area (Å²) in [4.78, 5) is 171. The number of amides is 12. The molecule has 7 rings (SSSR count). The van der Waals surface area contributed by atoms with Crippen LogP contribution in [0.1, 0.15) is 83.3 Å². The van der Waals surface area contributed by atoms with Crippen molar-refractivity contribution in [2.24, 2.45) is 23.5 Å². The van der Waals surface area contributed by atoms with E-state index in [0.717, 1.165) is 9.80 Å². The molecular formula is C55H77N13O17S. The Labute approximate surface area is 496 Å². The van der Waals surface area contributed by atoms with Gasteiger partial charge in [0.15, 0.2) is 0 Å². The number of rotatable bonds is 17. The number of phenols is 1. The molecule has 6 heterocycles. The number of H-pyrrole nitrogens is 1. The number of hydrogen-bond donors (Lipinski definition) is 14. The van der Waals surface area contributed by atoms with Crippen LogP contribution >= 0.6 is 0 Å². The summed E-state index contributed by atoms with van der Waals surface area (Å²) in [6.07, 6.45) is 0.318. The van der Waals surface area contributed by atoms with E-state index in [1.165, 1.54) is 31.2 Å². The van der Waals surface area contributed by atoms with Gasteiger partial charge in [-0.15, -0.1) is 0 Å². The van der Waals surface area contributed by atoms with Crippen molar-refractivity contribution in [3.05, 3.63) is 35.4 Å². The number of primary amides is 1. The van der Waals surface area contributed by atoms with E-state index in [9.17, 15) is 78.0 Å². The Morgan fingerprint density at radius 3 is 2.21 bits per heavy atom. The van der Waals surface area contributed by atoms with E-state index in [1.54, 1.807) is 13.8 Å². The molecule has 5 aliphatic rings. The van der Waals surface area contributed by atoms with E-state index in [1.807, 2.05) is 4.90 Å². The molecular weight excluding hydrogens is 1150 g/mol. The van der Waals surface area contributed by atoms with E-state index < -0.39 is 176 Å². The molecule has 0 spiro atoms. The molecule has 5 aliphatic heterocycles. The summed E-state index contributed by atoms with van der Waals surface area (Å²) < 4.78 is 15.3. The quantitative estimate of drug-likeness (QED) is 0.0519. The van der Waals surface area contributed by atoms with Gasteiger partial charge in [-0.25, -0.2) is 0 Å². The minimum absolute atomic E-state index is 0.0231. The number of aliphatic hydroxyl groups excluding tert-OH is 3. The lowest BCUT2D eigenvalue weighted by Gasteiger charge is -2.32. The zero-order valence-corrected chi connectivity index (χ0v) is 48.8. The average molecular weight is 1220 g/mol. The average Bonchev–Trinajstić information content (AvgIpc) is 2.06. The zero-order valence-electron chi connectivity index (χ0n) is 48.0. The largest absolute Gasteiger partial charge is 0.508 e. The number of hydrogen-bond acceptors (Lipinski definition) is 18. The van der Waals surface area contributed by atoms with E-state index >= 15 is 4.21 Å². The number of nitrogens with two attached hydrogens (primary N) is 1. The highest BCUT2D eigenvalue weighted by atomic mass is 32.2. The van der Waals surface area contributed by atoms with Crippen LogP contribution in [0.2, 0.25) is 0 Å². The number of likely N-dealkylation sites (tertiary alicyclic amines) is 1. The lowest BCUT2D eigenvalue weighted by atomic mass is 9.93. The van der Waals surface area contributed by atoms with Gasteiger partial charge in [0.2, 0.25) is 59.1 Å². The van der Waals surface area contributed by atoms with Crippen molar-refractivity contribution in [3.8, 4) is 5.75 Å². The topological polar surface area (TPSA) is 451 Å². The summed E-state index contributed by atoms with van der Waals surface area (Å²) in [5.74, 6) is -13.4. The van der Waals surface area contributed by atoms with Crippen LogP contribution in [0.25, 0.3) is 10.9 Å². The van der Waals surface area contributed by atoms with Gasteiger partial charge < -0.3 is 78.6 Å². The van der Waals surface area contributed by atoms with Crippen LogP contribution in [0, 0.1) is 17.8 Å². The standard InChI is InChI=1S/C55H77N13O17S/c1-4-27(2)46-52(82)59-20-42(75)60-36-26-86(85)54-32(31-9-10-38(71)33(48(31)65-54)24-66-15-13-29(22-66)19-57-41(74)8-6-5-7-14-67-44(77)11-12-45(67)78)17-34(49(79)58-21-43(76)63-46)61-53(83)47(28(3)39(72)25-69)64-51(81)37-16-30(70)23-68(37)55(84)35(18-40(56)73)62-50(36)80/h9-12,27-30,34-37,39,46-47,65,69-72H,4-8,13-26H2,1-3H3,(H2,56,73)(H,57,74)(H,58,79)(H,59,82)(H,60,75)(H,61,83)(H,62,80)(H,63,76)(H,64,81)/t27-,28+,29+,30+,34+,35-,36+,37-,39+,46-,47-,86?/m0/s1. The Morgan fingerprint density at radius 2 is 1.52 bits per heavy atom. The van der Waals surface area contributed by atoms with Crippen molar-refractivity contribution in [2.45, 2.75) is 139 Å². The van der Waals surface area contributed by atoms with Crippen LogP contribution in [-0.4, -0.2) is 222 Å². The highest BCUT2D eigenvalue weighted by Crippen LogP contribution is 2.35. The van der Waals surface area contributed by atoms with Crippen LogP contribution in [0.4, 0.5) is 0 Å². The number of unbranched alkanes of at least 4 members (excludes halogenated alkanes) is 2. The summed E-state index contributed by atoms with van der Waals surface area (Å²) in [7, 11) is -2.50. The summed E-state index contributed by atoms with van der Waals surface area (Å²) >= 11 is 0. The number of carbonyl (C=O) groups is 12. The molecule has 86 heavy (non-hydrogen) atoms. The van der Waals surface area contributed by atoms with Crippen LogP contribution in [0.15, 0.2) is 29.3 Å². The molecule has 30 nitrogen and oxygen atoms in total. The van der Waals surface area contributed by atoms with Crippen molar-refractivity contribution in [2.75, 3.05) is 58.2 Å². The molecule has 0 aliphatic carbocycles. The second-order valence-electron chi connectivity index (χ2n) is 22.6. The van der Waals surface area contributed by atoms with Crippen molar-refractivity contribution in [1.82, 2.24) is 62.2 Å². The van der Waals surface area contributed by atoms with Gasteiger partial charge in [-0.2, -0.15) is 0 Å². The van der Waals surface area contributed by atoms with Gasteiger partial charge in [0, 0.05) is 81.0 Å². The molecule has 1 aromatic heterocycles. The predicted octanol–water partition coefficient (Wildman–Crippen LogP) is -5.50. The first-order valence-corrected chi connectivity index (χ1v) is 30.1. The van der Waals surface area contributed by atoms with Crippen LogP contribution in [-0.2, 0) is 81.3 Å². The van der Waals surface area contributed by atoms with Crippen LogP contribution in [0.5, 0.6) is 5.75 Å². The van der Waals surface area contributed by atoms with E-state index in [0.29, 0.717) is 51.7 Å². The van der Waals surface area contributed by atoms with E-state index in [4.69, 9.17) is 5.73 Å². The number of fused-ring (bicyclic) bond motifs is 5. The fourth-order valence-electron chi connectivity index (χ4n) is 11.2. The van der Waals surface area contributed by atoms with E-state index in [-0.39, 0.29) is 76.0 Å². The molecule has 0 radical (unpaired) electrons. The Hall–Kier alpha value is -7.87. The Bertz CT molecular complexity index is 3010. The molecule has 2 fully saturated rings. The third-order valence-electron chi connectivity index (χ3n) is 16.3. The minimum Gasteiger partial charge on any atom is -0.508 e. The molecule has 2 saturated heterocycles. The number of nitrogens with one attached hydrogen (secondary N) is 9. The van der Waals surface area contributed by atoms with Gasteiger partial charge >= 0.3 is 0 Å². The molecule has 2 bridgehead atoms. The second kappa shape index (κ2) is 29.5. The molecule has 0 saturated carbocycles. The first-order chi connectivity index (χ1) is 40.9. The van der Waals surface area contributed by atoms with Crippen LogP contribution in [0.3, 0.4) is 0 Å². The number of carbonyl (C=O) groups excluding carboxylic acids is 12. The molecule has 2 aromatic rings. The highest BCUT2D eigenvalue weighted by molar-refractivity contribution is 7.85. The molecule has 15 N–H and O–H groups in total. The number of aromatic hydroxyl groups is 1. The monoisotopic (exact) mass is 1220 g/mol. The molecule has 12 amide bonds. The van der Waals surface area contributed by atoms with Crippen molar-refractivity contribution < 1.29 is 82.2 Å². The first kappa shape index (κ1) is 65.7. The van der Waals surface area contributed by atoms with Gasteiger partial charge in [0.25, 0.3) is 11.8 Å². The van der Waals surface area contributed by atoms with Gasteiger partial charge in [0.05, 0.1) is 60.4 Å². The maximum Gasteiger partial charge on any atom is 0.253 e. The second-order valence-corrected chi connectivity index (χ2v) is 24.0. The number of aliphatic hydroxyl groups is 3. The fourth-order valence-corrected chi connectivity index (χ4v) is 12.6. The Kier molecular flexibility index (Phi) is 22.5. The minimum atomic E-state index is -2.50. The molecule has 12 atom stereocenters. The third kappa shape index (κ3) is 16.3.